The van der Waals surface area contributed by atoms with Gasteiger partial charge in [-0.2, -0.15) is 0 Å². The minimum absolute atomic E-state index is 0.101. The normalized spacial score (nSPS) is 25.4. The van der Waals surface area contributed by atoms with Gasteiger partial charge < -0.3 is 15.5 Å². The number of amides is 2. The SMILES string of the molecule is CNC(=O)N1CCCC12CCNCC2. The van der Waals surface area contributed by atoms with E-state index < -0.39 is 0 Å². The lowest BCUT2D eigenvalue weighted by molar-refractivity contribution is 0.119. The second kappa shape index (κ2) is 3.77. The van der Waals surface area contributed by atoms with Crippen LogP contribution in [0.15, 0.2) is 0 Å². The maximum atomic E-state index is 11.7. The maximum Gasteiger partial charge on any atom is 0.317 e. The summed E-state index contributed by atoms with van der Waals surface area (Å²) >= 11 is 0. The maximum absolute atomic E-state index is 11.7. The highest BCUT2D eigenvalue weighted by Crippen LogP contribution is 2.36. The van der Waals surface area contributed by atoms with Gasteiger partial charge in [-0.1, -0.05) is 0 Å². The van der Waals surface area contributed by atoms with Crippen LogP contribution >= 0.6 is 0 Å². The molecule has 0 saturated carbocycles. The second-order valence-corrected chi connectivity index (χ2v) is 4.28. The molecule has 2 amide bonds. The van der Waals surface area contributed by atoms with E-state index in [9.17, 15) is 4.79 Å². The van der Waals surface area contributed by atoms with Crippen LogP contribution in [0.1, 0.15) is 25.7 Å². The number of hydrogen-bond donors (Lipinski definition) is 2. The third kappa shape index (κ3) is 1.47. The van der Waals surface area contributed by atoms with E-state index in [2.05, 4.69) is 10.6 Å². The van der Waals surface area contributed by atoms with Gasteiger partial charge in [0, 0.05) is 19.1 Å². The Morgan fingerprint density at radius 2 is 2.07 bits per heavy atom. The molecule has 0 radical (unpaired) electrons. The van der Waals surface area contributed by atoms with E-state index >= 15 is 0 Å². The molecule has 0 bridgehead atoms. The Hall–Kier alpha value is -0.770. The Kier molecular flexibility index (Phi) is 2.63. The molecule has 0 aromatic carbocycles. The van der Waals surface area contributed by atoms with Crippen molar-refractivity contribution in [3.8, 4) is 0 Å². The summed E-state index contributed by atoms with van der Waals surface area (Å²) < 4.78 is 0. The van der Waals surface area contributed by atoms with E-state index in [1.807, 2.05) is 4.90 Å². The van der Waals surface area contributed by atoms with Crippen molar-refractivity contribution in [2.24, 2.45) is 0 Å². The fourth-order valence-corrected chi connectivity index (χ4v) is 2.80. The molecule has 2 aliphatic rings. The van der Waals surface area contributed by atoms with E-state index in [1.54, 1.807) is 7.05 Å². The summed E-state index contributed by atoms with van der Waals surface area (Å²) in [5.74, 6) is 0. The Bertz CT molecular complexity index is 223. The first-order valence-electron chi connectivity index (χ1n) is 5.49. The monoisotopic (exact) mass is 197 g/mol. The molecular weight excluding hydrogens is 178 g/mol. The van der Waals surface area contributed by atoms with E-state index in [-0.39, 0.29) is 11.6 Å². The lowest BCUT2D eigenvalue weighted by Crippen LogP contribution is -2.55. The Balaban J connectivity index is 2.11. The van der Waals surface area contributed by atoms with Crippen molar-refractivity contribution in [3.63, 3.8) is 0 Å². The fourth-order valence-electron chi connectivity index (χ4n) is 2.80. The van der Waals surface area contributed by atoms with Gasteiger partial charge in [0.05, 0.1) is 0 Å². The third-order valence-corrected chi connectivity index (χ3v) is 3.59. The zero-order valence-corrected chi connectivity index (χ0v) is 8.81. The third-order valence-electron chi connectivity index (χ3n) is 3.59. The predicted octanol–water partition coefficient (Wildman–Crippen LogP) is 0.544. The second-order valence-electron chi connectivity index (χ2n) is 4.28. The van der Waals surface area contributed by atoms with Crippen molar-refractivity contribution in [2.75, 3.05) is 26.7 Å². The first-order chi connectivity index (χ1) is 6.78. The average Bonchev–Trinajstić information content (AvgIpc) is 2.62. The van der Waals surface area contributed by atoms with Crippen LogP contribution in [0.5, 0.6) is 0 Å². The van der Waals surface area contributed by atoms with Gasteiger partial charge in [-0.15, -0.1) is 0 Å². The molecule has 4 heteroatoms. The molecule has 4 nitrogen and oxygen atoms in total. The van der Waals surface area contributed by atoms with Gasteiger partial charge in [0.15, 0.2) is 0 Å². The molecule has 2 fully saturated rings. The van der Waals surface area contributed by atoms with E-state index in [1.165, 1.54) is 6.42 Å². The number of nitrogens with one attached hydrogen (secondary N) is 2. The summed E-state index contributed by atoms with van der Waals surface area (Å²) in [5.41, 5.74) is 0.172. The van der Waals surface area contributed by atoms with E-state index in [0.717, 1.165) is 38.9 Å². The Labute approximate surface area is 85.0 Å². The number of likely N-dealkylation sites (tertiary alicyclic amines) is 1. The molecule has 2 rings (SSSR count). The topological polar surface area (TPSA) is 44.4 Å². The summed E-state index contributed by atoms with van der Waals surface area (Å²) in [6.07, 6.45) is 4.57. The lowest BCUT2D eigenvalue weighted by atomic mass is 9.86. The molecule has 0 unspecified atom stereocenters. The molecule has 0 aromatic heterocycles. The quantitative estimate of drug-likeness (QED) is 0.595. The average molecular weight is 197 g/mol. The summed E-state index contributed by atoms with van der Waals surface area (Å²) in [5, 5.41) is 6.10. The van der Waals surface area contributed by atoms with Gasteiger partial charge in [-0.25, -0.2) is 4.79 Å². The van der Waals surface area contributed by atoms with Gasteiger partial charge in [-0.05, 0) is 38.8 Å². The van der Waals surface area contributed by atoms with Crippen molar-refractivity contribution in [2.45, 2.75) is 31.2 Å². The summed E-state index contributed by atoms with van der Waals surface area (Å²) in [6.45, 7) is 3.03. The summed E-state index contributed by atoms with van der Waals surface area (Å²) in [4.78, 5) is 13.7. The number of rotatable bonds is 0. The molecule has 1 spiro atoms. The first-order valence-corrected chi connectivity index (χ1v) is 5.49. The van der Waals surface area contributed by atoms with Crippen LogP contribution in [0, 0.1) is 0 Å². The fraction of sp³-hybridized carbons (Fsp3) is 0.900. The Morgan fingerprint density at radius 3 is 2.71 bits per heavy atom. The molecule has 80 valence electrons. The molecule has 2 heterocycles. The van der Waals surface area contributed by atoms with Crippen molar-refractivity contribution in [3.05, 3.63) is 0 Å². The van der Waals surface area contributed by atoms with Gasteiger partial charge in [0.2, 0.25) is 0 Å². The zero-order valence-electron chi connectivity index (χ0n) is 8.81. The zero-order chi connectivity index (χ0) is 10.0. The molecule has 0 aliphatic carbocycles. The van der Waals surface area contributed by atoms with Crippen LogP contribution in [0.2, 0.25) is 0 Å². The Morgan fingerprint density at radius 1 is 1.36 bits per heavy atom. The molecule has 14 heavy (non-hydrogen) atoms. The number of carbonyl (C=O) groups excluding carboxylic acids is 1. The molecule has 2 aliphatic heterocycles. The number of urea groups is 1. The van der Waals surface area contributed by atoms with Crippen LogP contribution < -0.4 is 10.6 Å². The van der Waals surface area contributed by atoms with Crippen molar-refractivity contribution < 1.29 is 4.79 Å². The van der Waals surface area contributed by atoms with Gasteiger partial charge in [-0.3, -0.25) is 0 Å². The largest absolute Gasteiger partial charge is 0.341 e. The highest BCUT2D eigenvalue weighted by molar-refractivity contribution is 5.75. The summed E-state index contributed by atoms with van der Waals surface area (Å²) in [7, 11) is 1.72. The summed E-state index contributed by atoms with van der Waals surface area (Å²) in [6, 6.07) is 0.101. The predicted molar refractivity (Wildman–Crippen MR) is 55.2 cm³/mol. The van der Waals surface area contributed by atoms with E-state index in [0.29, 0.717) is 0 Å². The molecule has 0 atom stereocenters. The van der Waals surface area contributed by atoms with Gasteiger partial charge >= 0.3 is 6.03 Å². The molecule has 0 aromatic rings. The lowest BCUT2D eigenvalue weighted by Gasteiger charge is -2.41. The molecule has 2 saturated heterocycles. The highest BCUT2D eigenvalue weighted by Gasteiger charge is 2.43. The van der Waals surface area contributed by atoms with Crippen molar-refractivity contribution >= 4 is 6.03 Å². The van der Waals surface area contributed by atoms with E-state index in [4.69, 9.17) is 0 Å². The minimum Gasteiger partial charge on any atom is -0.341 e. The smallest absolute Gasteiger partial charge is 0.317 e. The number of nitrogens with zero attached hydrogens (tertiary/aromatic N) is 1. The van der Waals surface area contributed by atoms with Crippen molar-refractivity contribution in [1.29, 1.82) is 0 Å². The molecule has 2 N–H and O–H groups in total. The van der Waals surface area contributed by atoms with Crippen molar-refractivity contribution in [1.82, 2.24) is 15.5 Å². The molecular formula is C10H19N3O. The van der Waals surface area contributed by atoms with Crippen LogP contribution in [-0.2, 0) is 0 Å². The van der Waals surface area contributed by atoms with Crippen LogP contribution in [0.3, 0.4) is 0 Å². The van der Waals surface area contributed by atoms with Crippen LogP contribution in [-0.4, -0.2) is 43.2 Å². The van der Waals surface area contributed by atoms with Crippen LogP contribution in [0.25, 0.3) is 0 Å². The van der Waals surface area contributed by atoms with Crippen LogP contribution in [0.4, 0.5) is 4.79 Å². The standard InChI is InChI=1S/C10H19N3O/c1-11-9(14)13-8-2-3-10(13)4-6-12-7-5-10/h12H,2-8H2,1H3,(H,11,14). The minimum atomic E-state index is 0.101. The van der Waals surface area contributed by atoms with Gasteiger partial charge in [0.1, 0.15) is 0 Å². The number of hydrogen-bond acceptors (Lipinski definition) is 2. The number of piperidine rings is 1. The highest BCUT2D eigenvalue weighted by atomic mass is 16.2. The first kappa shape index (κ1) is 9.77. The van der Waals surface area contributed by atoms with Gasteiger partial charge in [0.25, 0.3) is 0 Å². The number of carbonyl (C=O) groups is 1.